The molecule has 73 heavy (non-hydrogen) atoms. The lowest BCUT2D eigenvalue weighted by molar-refractivity contribution is -0.142. The van der Waals surface area contributed by atoms with Crippen LogP contribution in [0.25, 0.3) is 0 Å². The van der Waals surface area contributed by atoms with Crippen LogP contribution >= 0.6 is 0 Å². The standard InChI is InChI=1S/C45H53N19O9/c46-32(5-24-1-3-31(65)4-2-24)39(66)59-33(6-25-12-47-18-53-25)40(67)60-34(7-26-13-48-19-54-26)41(68)61-35(8-27-14-49-20-55-27)42(69)62-36(9-28-15-50-21-56-28)43(70)63-37(10-29-16-51-22-57-29)44(71)64-38(45(72)73)11-30-17-52-23-58-30/h1-4,12-23,32-38,65H,5-11,46H2,(H,47,53)(H,48,54)(H,49,55)(H,50,56)(H,51,57)(H,52,58)(H,59,66)(H,60,67)(H,61,68)(H,62,69)(H,63,70)(H,64,71)(H,72,73)/t32-,33-,34-,35-,36-,37-,38-/m0/s1. The number of carboxylic acid groups (broad SMARTS) is 1. The van der Waals surface area contributed by atoms with Crippen molar-refractivity contribution >= 4 is 41.4 Å². The second-order valence-corrected chi connectivity index (χ2v) is 16.8. The summed E-state index contributed by atoms with van der Waals surface area (Å²) < 4.78 is 0. The molecule has 0 aliphatic rings. The van der Waals surface area contributed by atoms with E-state index in [9.17, 15) is 43.8 Å². The summed E-state index contributed by atoms with van der Waals surface area (Å²) >= 11 is 0. The number of carbonyl (C=O) groups is 7. The minimum atomic E-state index is -1.47. The van der Waals surface area contributed by atoms with Crippen LogP contribution in [0.3, 0.4) is 0 Å². The predicted octanol–water partition coefficient (Wildman–Crippen LogP) is -2.95. The highest BCUT2D eigenvalue weighted by Gasteiger charge is 2.35. The van der Waals surface area contributed by atoms with E-state index < -0.39 is 83.7 Å². The molecular weight excluding hydrogens is 951 g/mol. The minimum Gasteiger partial charge on any atom is -0.508 e. The highest BCUT2D eigenvalue weighted by molar-refractivity contribution is 5.97. The third kappa shape index (κ3) is 15.3. The quantitative estimate of drug-likeness (QED) is 0.0245. The summed E-state index contributed by atoms with van der Waals surface area (Å²) in [4.78, 5) is 139. The Kier molecular flexibility index (Phi) is 17.5. The molecule has 0 aliphatic carbocycles. The smallest absolute Gasteiger partial charge is 0.326 e. The van der Waals surface area contributed by atoms with Gasteiger partial charge in [-0.1, -0.05) is 12.1 Å². The molecule has 0 saturated carbocycles. The van der Waals surface area contributed by atoms with Gasteiger partial charge in [0.05, 0.1) is 78.2 Å². The third-order valence-corrected chi connectivity index (χ3v) is 11.3. The van der Waals surface area contributed by atoms with Gasteiger partial charge in [0.2, 0.25) is 35.4 Å². The number of nitrogens with one attached hydrogen (secondary N) is 12. The minimum absolute atomic E-state index is 0.0305. The Morgan fingerprint density at radius 1 is 0.397 bits per heavy atom. The van der Waals surface area contributed by atoms with E-state index in [1.807, 2.05) is 0 Å². The number of imidazole rings is 6. The molecule has 0 radical (unpaired) electrons. The fourth-order valence-electron chi connectivity index (χ4n) is 7.54. The van der Waals surface area contributed by atoms with Gasteiger partial charge in [-0.25, -0.2) is 34.7 Å². The number of nitrogens with two attached hydrogens (primary N) is 1. The van der Waals surface area contributed by atoms with Crippen molar-refractivity contribution in [2.24, 2.45) is 5.73 Å². The molecule has 0 bridgehead atoms. The largest absolute Gasteiger partial charge is 0.508 e. The molecular formula is C45H53N19O9. The van der Waals surface area contributed by atoms with Gasteiger partial charge >= 0.3 is 5.97 Å². The molecule has 0 unspecified atom stereocenters. The first kappa shape index (κ1) is 51.4. The van der Waals surface area contributed by atoms with Gasteiger partial charge in [-0.05, 0) is 24.1 Å². The molecule has 0 spiro atoms. The fraction of sp³-hybridized carbons (Fsp3) is 0.311. The zero-order valence-corrected chi connectivity index (χ0v) is 38.7. The number of carboxylic acids is 1. The molecule has 0 saturated heterocycles. The number of hydrogen-bond donors (Lipinski definition) is 15. The Morgan fingerprint density at radius 3 is 0.890 bits per heavy atom. The summed E-state index contributed by atoms with van der Waals surface area (Å²) in [5.74, 6) is -6.34. The van der Waals surface area contributed by atoms with Crippen molar-refractivity contribution in [2.45, 2.75) is 87.2 Å². The number of phenols is 1. The maximum Gasteiger partial charge on any atom is 0.326 e. The number of benzene rings is 1. The number of carbonyl (C=O) groups excluding carboxylic acids is 6. The van der Waals surface area contributed by atoms with Gasteiger partial charge in [-0.3, -0.25) is 28.8 Å². The first-order chi connectivity index (χ1) is 35.3. The summed E-state index contributed by atoms with van der Waals surface area (Å²) in [5.41, 5.74) is 9.01. The molecule has 28 nitrogen and oxygen atoms in total. The number of phenolic OH excluding ortho intramolecular Hbond substituents is 1. The van der Waals surface area contributed by atoms with Gasteiger partial charge in [0.15, 0.2) is 0 Å². The zero-order chi connectivity index (χ0) is 51.7. The van der Waals surface area contributed by atoms with Crippen molar-refractivity contribution in [1.82, 2.24) is 91.7 Å². The van der Waals surface area contributed by atoms with Gasteiger partial charge in [-0.15, -0.1) is 0 Å². The lowest BCUT2D eigenvalue weighted by Gasteiger charge is -2.27. The second-order valence-electron chi connectivity index (χ2n) is 16.8. The predicted molar refractivity (Wildman–Crippen MR) is 253 cm³/mol. The first-order valence-electron chi connectivity index (χ1n) is 22.7. The number of aromatic amines is 6. The lowest BCUT2D eigenvalue weighted by atomic mass is 10.0. The number of amides is 6. The van der Waals surface area contributed by atoms with Gasteiger partial charge in [-0.2, -0.15) is 0 Å². The van der Waals surface area contributed by atoms with Crippen molar-refractivity contribution in [2.75, 3.05) is 0 Å². The van der Waals surface area contributed by atoms with Gasteiger partial charge in [0.25, 0.3) is 0 Å². The van der Waals surface area contributed by atoms with Crippen LogP contribution in [-0.4, -0.2) is 154 Å². The summed E-state index contributed by atoms with van der Waals surface area (Å²) in [6, 6.07) is -3.54. The van der Waals surface area contributed by atoms with Gasteiger partial charge < -0.3 is 77.8 Å². The molecule has 0 fully saturated rings. The lowest BCUT2D eigenvalue weighted by Crippen LogP contribution is -2.61. The van der Waals surface area contributed by atoms with Crippen LogP contribution in [0, 0.1) is 0 Å². The highest BCUT2D eigenvalue weighted by atomic mass is 16.4. The van der Waals surface area contributed by atoms with Crippen molar-refractivity contribution in [3.8, 4) is 5.75 Å². The molecule has 382 valence electrons. The second kappa shape index (κ2) is 24.9. The number of nitrogens with zero attached hydrogens (tertiary/aromatic N) is 6. The molecule has 28 heteroatoms. The number of aliphatic carboxylic acids is 1. The fourth-order valence-corrected chi connectivity index (χ4v) is 7.54. The van der Waals surface area contributed by atoms with E-state index in [0.717, 1.165) is 0 Å². The number of hydrogen-bond acceptors (Lipinski definition) is 15. The van der Waals surface area contributed by atoms with E-state index in [-0.39, 0.29) is 50.7 Å². The molecule has 16 N–H and O–H groups in total. The van der Waals surface area contributed by atoms with Crippen LogP contribution < -0.4 is 37.6 Å². The van der Waals surface area contributed by atoms with Gasteiger partial charge in [0, 0.05) is 75.7 Å². The molecule has 7 atom stereocenters. The first-order valence-corrected chi connectivity index (χ1v) is 22.7. The maximum absolute atomic E-state index is 14.6. The Hall–Kier alpha value is -9.47. The van der Waals surface area contributed by atoms with Crippen molar-refractivity contribution < 1.29 is 43.8 Å². The Balaban J connectivity index is 1.10. The van der Waals surface area contributed by atoms with Crippen molar-refractivity contribution in [3.63, 3.8) is 0 Å². The molecule has 7 aromatic rings. The normalized spacial score (nSPS) is 14.0. The molecule has 6 aromatic heterocycles. The number of rotatable bonds is 27. The van der Waals surface area contributed by atoms with Crippen LogP contribution in [0.15, 0.2) is 99.4 Å². The van der Waals surface area contributed by atoms with E-state index in [4.69, 9.17) is 5.73 Å². The maximum atomic E-state index is 14.6. The van der Waals surface area contributed by atoms with Crippen molar-refractivity contribution in [3.05, 3.63) is 139 Å². The zero-order valence-electron chi connectivity index (χ0n) is 38.7. The molecule has 1 aromatic carbocycles. The Bertz CT molecular complexity index is 2840. The van der Waals surface area contributed by atoms with E-state index in [1.165, 1.54) is 87.3 Å². The van der Waals surface area contributed by atoms with Crippen molar-refractivity contribution in [1.29, 1.82) is 0 Å². The van der Waals surface area contributed by atoms with Crippen LogP contribution in [0.2, 0.25) is 0 Å². The highest BCUT2D eigenvalue weighted by Crippen LogP contribution is 2.13. The topological polar surface area (TPSA) is 430 Å². The van der Waals surface area contributed by atoms with Gasteiger partial charge in [0.1, 0.15) is 42.0 Å². The Morgan fingerprint density at radius 2 is 0.644 bits per heavy atom. The van der Waals surface area contributed by atoms with E-state index in [0.29, 0.717) is 39.7 Å². The summed E-state index contributed by atoms with van der Waals surface area (Å²) in [7, 11) is 0. The monoisotopic (exact) mass is 1000 g/mol. The summed E-state index contributed by atoms with van der Waals surface area (Å²) in [5, 5.41) is 35.5. The average molecular weight is 1000 g/mol. The molecule has 6 heterocycles. The number of aromatic nitrogens is 12. The SMILES string of the molecule is N[C@@H](Cc1ccc(O)cc1)C(=O)N[C@@H](Cc1c[nH]cn1)C(=O)N[C@@H](Cc1c[nH]cn1)C(=O)N[C@@H](Cc1c[nH]cn1)C(=O)N[C@@H](Cc1c[nH]cn1)C(=O)N[C@@H](Cc1c[nH]cn1)C(=O)N[C@@H](Cc1c[nH]cn1)C(=O)O. The molecule has 0 aliphatic heterocycles. The average Bonchev–Trinajstić information content (AvgIpc) is 4.22. The molecule has 6 amide bonds. The van der Waals surface area contributed by atoms with E-state index >= 15 is 0 Å². The van der Waals surface area contributed by atoms with Crippen LogP contribution in [-0.2, 0) is 78.5 Å². The van der Waals surface area contributed by atoms with Crippen LogP contribution in [0.5, 0.6) is 5.75 Å². The molecule has 7 rings (SSSR count). The van der Waals surface area contributed by atoms with E-state index in [2.05, 4.69) is 91.7 Å². The van der Waals surface area contributed by atoms with Crippen LogP contribution in [0.4, 0.5) is 0 Å². The number of aromatic hydroxyl groups is 1. The van der Waals surface area contributed by atoms with E-state index in [1.54, 1.807) is 12.1 Å². The summed E-state index contributed by atoms with van der Waals surface area (Å²) in [6.07, 6.45) is 16.1. The summed E-state index contributed by atoms with van der Waals surface area (Å²) in [6.45, 7) is 0. The number of H-pyrrole nitrogens is 6. The van der Waals surface area contributed by atoms with Crippen LogP contribution in [0.1, 0.15) is 39.7 Å². The third-order valence-electron chi connectivity index (χ3n) is 11.3. The Labute approximate surface area is 413 Å².